The summed E-state index contributed by atoms with van der Waals surface area (Å²) in [5, 5.41) is 6.16. The number of rotatable bonds is 11. The van der Waals surface area contributed by atoms with Crippen molar-refractivity contribution in [1.82, 2.24) is 40.3 Å². The zero-order valence-electron chi connectivity index (χ0n) is 37.6. The number of benzene rings is 2. The lowest BCUT2D eigenvalue weighted by molar-refractivity contribution is -0.139. The molecule has 1 saturated carbocycles. The number of ether oxygens (including phenoxy) is 1. The van der Waals surface area contributed by atoms with Gasteiger partial charge in [-0.2, -0.15) is 23.1 Å². The third-order valence-electron chi connectivity index (χ3n) is 15.3. The number of anilines is 3. The van der Waals surface area contributed by atoms with Gasteiger partial charge in [0, 0.05) is 112 Å². The van der Waals surface area contributed by atoms with Crippen LogP contribution in [0.3, 0.4) is 0 Å². The molecule has 11 rings (SSSR count). The number of piperazine rings is 2. The first-order chi connectivity index (χ1) is 32.7. The quantitative estimate of drug-likeness (QED) is 0.105. The van der Waals surface area contributed by atoms with E-state index >= 15 is 4.39 Å². The van der Waals surface area contributed by atoms with Gasteiger partial charge in [0.15, 0.2) is 5.82 Å². The van der Waals surface area contributed by atoms with Gasteiger partial charge in [-0.1, -0.05) is 0 Å². The van der Waals surface area contributed by atoms with Crippen LogP contribution in [0.25, 0.3) is 22.2 Å². The number of carbonyl (C=O) groups is 3. The van der Waals surface area contributed by atoms with Gasteiger partial charge in [0.05, 0.1) is 12.0 Å². The molecule has 1 aliphatic carbocycles. The maximum Gasteiger partial charge on any atom is 0.419 e. The number of pyridine rings is 1. The first kappa shape index (κ1) is 44.8. The molecule has 0 radical (unpaired) electrons. The molecule has 7 aliphatic rings. The predicted molar refractivity (Wildman–Crippen MR) is 242 cm³/mol. The van der Waals surface area contributed by atoms with Crippen molar-refractivity contribution in [3.05, 3.63) is 64.9 Å². The zero-order chi connectivity index (χ0) is 47.1. The molecular formula is C48H54F5N11O4. The number of imide groups is 1. The largest absolute Gasteiger partial charge is 0.463 e. The number of nitrogens with zero attached hydrogens (tertiary/aromatic N) is 8. The molecule has 6 aliphatic heterocycles. The lowest BCUT2D eigenvalue weighted by Gasteiger charge is -2.40. The number of nitrogens with two attached hydrogens (primary N) is 1. The number of nitrogens with one attached hydrogen (secondary N) is 2. The molecule has 4 N–H and O–H groups in total. The van der Waals surface area contributed by atoms with E-state index < -0.39 is 46.6 Å². The smallest absolute Gasteiger partial charge is 0.419 e. The zero-order valence-corrected chi connectivity index (χ0v) is 37.6. The molecule has 15 nitrogen and oxygen atoms in total. The number of fused-ring (bicyclic) bond motifs is 4. The second-order valence-electron chi connectivity index (χ2n) is 20.0. The minimum absolute atomic E-state index is 0.0722. The number of halogens is 5. The molecule has 5 saturated heterocycles. The van der Waals surface area contributed by atoms with Crippen LogP contribution in [-0.4, -0.2) is 138 Å². The number of hydrogen-bond acceptors (Lipinski definition) is 13. The molecule has 3 amide bonds. The Balaban J connectivity index is 0.710. The summed E-state index contributed by atoms with van der Waals surface area (Å²) < 4.78 is 80.3. The molecule has 6 fully saturated rings. The number of likely N-dealkylation sites (tertiary alicyclic amines) is 1. The first-order valence-electron chi connectivity index (χ1n) is 23.8. The van der Waals surface area contributed by atoms with Gasteiger partial charge < -0.3 is 35.4 Å². The van der Waals surface area contributed by atoms with Gasteiger partial charge in [-0.05, 0) is 99.8 Å². The van der Waals surface area contributed by atoms with Crippen LogP contribution in [0.1, 0.15) is 72.9 Å². The fourth-order valence-electron chi connectivity index (χ4n) is 11.4. The number of hydrogen-bond donors (Lipinski definition) is 3. The van der Waals surface area contributed by atoms with E-state index in [1.807, 2.05) is 17.0 Å². The Labute approximate surface area is 389 Å². The van der Waals surface area contributed by atoms with Crippen molar-refractivity contribution in [2.45, 2.75) is 82.2 Å². The van der Waals surface area contributed by atoms with Crippen molar-refractivity contribution in [1.29, 1.82) is 0 Å². The number of alkyl halides is 3. The van der Waals surface area contributed by atoms with Crippen LogP contribution in [0, 0.1) is 23.0 Å². The molecule has 0 spiro atoms. The molecule has 3 atom stereocenters. The van der Waals surface area contributed by atoms with E-state index in [1.165, 1.54) is 6.20 Å². The number of aromatic nitrogens is 3. The summed E-state index contributed by atoms with van der Waals surface area (Å²) in [6, 6.07) is 7.07. The van der Waals surface area contributed by atoms with E-state index in [4.69, 9.17) is 15.5 Å². The highest BCUT2D eigenvalue weighted by atomic mass is 19.4. The van der Waals surface area contributed by atoms with Gasteiger partial charge in [0.25, 0.3) is 5.91 Å². The highest BCUT2D eigenvalue weighted by Gasteiger charge is 2.46. The fraction of sp³-hybridized carbons (Fsp3) is 0.542. The van der Waals surface area contributed by atoms with Gasteiger partial charge in [0.2, 0.25) is 11.8 Å². The minimum atomic E-state index is -5.14. The lowest BCUT2D eigenvalue weighted by Crippen LogP contribution is -2.52. The summed E-state index contributed by atoms with van der Waals surface area (Å²) in [5.41, 5.74) is 4.48. The van der Waals surface area contributed by atoms with E-state index in [0.717, 1.165) is 108 Å². The Morgan fingerprint density at radius 1 is 0.853 bits per heavy atom. The average Bonchev–Trinajstić information content (AvgIpc) is 3.88. The molecule has 2 aromatic carbocycles. The summed E-state index contributed by atoms with van der Waals surface area (Å²) in [7, 11) is 0. The van der Waals surface area contributed by atoms with Crippen LogP contribution in [0.5, 0.6) is 6.01 Å². The van der Waals surface area contributed by atoms with Gasteiger partial charge >= 0.3 is 12.2 Å². The van der Waals surface area contributed by atoms with Crippen LogP contribution in [0.2, 0.25) is 0 Å². The SMILES string of the molecule is Nc1cc(F)c(C(F)(F)F)c(-c2ncc3c(N4CC5CCC(C4)N5)nc(OCC4(CN5CCC(CN6CCN(c7ccc8c(c7)CN([C@H]7CCC(=O)NC7=O)C8=O)CC6)CC5)CC4)nc3c2F)c1. The Kier molecular flexibility index (Phi) is 11.4. The van der Waals surface area contributed by atoms with Crippen LogP contribution in [0.15, 0.2) is 36.5 Å². The van der Waals surface area contributed by atoms with Crippen LogP contribution < -0.4 is 30.9 Å². The van der Waals surface area contributed by atoms with Crippen molar-refractivity contribution in [3.63, 3.8) is 0 Å². The molecule has 2 bridgehead atoms. The molecule has 4 aromatic rings. The fourth-order valence-corrected chi connectivity index (χ4v) is 11.4. The van der Waals surface area contributed by atoms with E-state index in [9.17, 15) is 31.9 Å². The van der Waals surface area contributed by atoms with E-state index in [1.54, 1.807) is 4.90 Å². The Hall–Kier alpha value is -5.73. The molecule has 2 unspecified atom stereocenters. The molecule has 360 valence electrons. The van der Waals surface area contributed by atoms with Crippen molar-refractivity contribution >= 4 is 45.8 Å². The highest BCUT2D eigenvalue weighted by Crippen LogP contribution is 2.48. The van der Waals surface area contributed by atoms with Crippen molar-refractivity contribution in [2.75, 3.05) is 87.6 Å². The molecular weight excluding hydrogens is 890 g/mol. The van der Waals surface area contributed by atoms with Gasteiger partial charge in [-0.3, -0.25) is 29.6 Å². The van der Waals surface area contributed by atoms with E-state index in [-0.39, 0.29) is 58.3 Å². The van der Waals surface area contributed by atoms with Crippen molar-refractivity contribution in [3.8, 4) is 17.3 Å². The number of piperidine rings is 2. The van der Waals surface area contributed by atoms with Gasteiger partial charge in [-0.25, -0.2) is 8.78 Å². The Bertz CT molecular complexity index is 2660. The number of nitrogen functional groups attached to an aromatic ring is 1. The summed E-state index contributed by atoms with van der Waals surface area (Å²) >= 11 is 0. The molecule has 20 heteroatoms. The third-order valence-corrected chi connectivity index (χ3v) is 15.3. The Morgan fingerprint density at radius 2 is 1.60 bits per heavy atom. The molecule has 8 heterocycles. The van der Waals surface area contributed by atoms with Crippen LogP contribution >= 0.6 is 0 Å². The van der Waals surface area contributed by atoms with Gasteiger partial charge in [0.1, 0.15) is 34.5 Å². The minimum Gasteiger partial charge on any atom is -0.463 e. The summed E-state index contributed by atoms with van der Waals surface area (Å²) in [4.78, 5) is 61.8. The summed E-state index contributed by atoms with van der Waals surface area (Å²) in [5.74, 6) is -2.68. The topological polar surface area (TPSA) is 165 Å². The Morgan fingerprint density at radius 3 is 2.31 bits per heavy atom. The van der Waals surface area contributed by atoms with E-state index in [0.29, 0.717) is 56.0 Å². The number of amides is 3. The predicted octanol–water partition coefficient (Wildman–Crippen LogP) is 4.97. The summed E-state index contributed by atoms with van der Waals surface area (Å²) in [6.45, 7) is 9.24. The first-order valence-corrected chi connectivity index (χ1v) is 23.8. The summed E-state index contributed by atoms with van der Waals surface area (Å²) in [6.07, 6.45) is 2.67. The highest BCUT2D eigenvalue weighted by molar-refractivity contribution is 6.05. The van der Waals surface area contributed by atoms with Crippen LogP contribution in [0.4, 0.5) is 39.1 Å². The molecule has 2 aromatic heterocycles. The maximum atomic E-state index is 16.7. The van der Waals surface area contributed by atoms with Crippen molar-refractivity contribution < 1.29 is 41.1 Å². The van der Waals surface area contributed by atoms with Crippen molar-refractivity contribution in [2.24, 2.45) is 11.3 Å². The van der Waals surface area contributed by atoms with Crippen LogP contribution in [-0.2, 0) is 22.3 Å². The standard InChI is InChI=1S/C48H54F5N11O4/c49-36-19-29(54)18-34(39(36)48(51,52)53)41-40(50)42-35(20-55-41)43(63-23-30-1-2-31(24-63)56-30)59-46(58-42)68-26-47(9-10-47)25-61-11-7-27(8-12-61)21-60-13-15-62(16-14-60)32-3-4-33-28(17-32)22-64(45(33)67)37-5-6-38(65)57-44(37)66/h3-4,17-20,27,30-31,37,56H,1-2,5-16,21-26,54H2,(H,57,65,66)/t30?,31?,37-/m0/s1. The van der Waals surface area contributed by atoms with Gasteiger partial charge in [-0.15, -0.1) is 0 Å². The normalized spacial score (nSPS) is 24.5. The second kappa shape index (κ2) is 17.3. The molecule has 68 heavy (non-hydrogen) atoms. The number of carbonyl (C=O) groups excluding carboxylic acids is 3. The monoisotopic (exact) mass is 943 g/mol. The lowest BCUT2D eigenvalue weighted by atomic mass is 9.94. The maximum absolute atomic E-state index is 16.7. The third kappa shape index (κ3) is 8.67. The second-order valence-corrected chi connectivity index (χ2v) is 20.0. The average molecular weight is 944 g/mol. The van der Waals surface area contributed by atoms with E-state index in [2.05, 4.69) is 41.4 Å².